The average molecular weight is 271 g/mol. The van der Waals surface area contributed by atoms with E-state index >= 15 is 0 Å². The average Bonchev–Trinajstić information content (AvgIpc) is 2.34. The Hall–Kier alpha value is -1.33. The van der Waals surface area contributed by atoms with Crippen LogP contribution in [-0.2, 0) is 0 Å². The molecule has 98 valence electrons. The minimum atomic E-state index is -0.467. The lowest BCUT2D eigenvalue weighted by Crippen LogP contribution is -2.35. The number of nitro benzene ring substituents is 1. The molecule has 1 fully saturated rings. The van der Waals surface area contributed by atoms with E-state index in [4.69, 9.17) is 16.3 Å². The van der Waals surface area contributed by atoms with Crippen molar-refractivity contribution in [2.45, 2.75) is 18.9 Å². The molecule has 0 amide bonds. The summed E-state index contributed by atoms with van der Waals surface area (Å²) in [5, 5.41) is 10.9. The third-order valence-electron chi connectivity index (χ3n) is 3.09. The lowest BCUT2D eigenvalue weighted by molar-refractivity contribution is -0.384. The van der Waals surface area contributed by atoms with Gasteiger partial charge in [0.2, 0.25) is 0 Å². The summed E-state index contributed by atoms with van der Waals surface area (Å²) < 4.78 is 5.79. The normalized spacial score (nSPS) is 17.7. The van der Waals surface area contributed by atoms with Gasteiger partial charge in [0.15, 0.2) is 0 Å². The number of halogens is 1. The van der Waals surface area contributed by atoms with Crippen molar-refractivity contribution in [2.75, 3.05) is 20.1 Å². The zero-order valence-corrected chi connectivity index (χ0v) is 10.9. The summed E-state index contributed by atoms with van der Waals surface area (Å²) in [6, 6.07) is 4.31. The molecule has 18 heavy (non-hydrogen) atoms. The summed E-state index contributed by atoms with van der Waals surface area (Å²) in [5.41, 5.74) is -0.0178. The zero-order valence-electron chi connectivity index (χ0n) is 10.1. The van der Waals surface area contributed by atoms with Gasteiger partial charge < -0.3 is 9.64 Å². The molecular weight excluding hydrogens is 256 g/mol. The lowest BCUT2D eigenvalue weighted by atomic mass is 10.1. The number of nitro groups is 1. The highest BCUT2D eigenvalue weighted by atomic mass is 35.5. The first-order chi connectivity index (χ1) is 8.56. The molecule has 0 saturated carbocycles. The standard InChI is InChI=1S/C12H15ClN2O3/c1-14-6-4-10(5-7-14)18-12-3-2-9(15(16)17)8-11(12)13/h2-3,8,10H,4-7H2,1H3. The van der Waals surface area contributed by atoms with E-state index in [2.05, 4.69) is 11.9 Å². The quantitative estimate of drug-likeness (QED) is 0.626. The van der Waals surface area contributed by atoms with Gasteiger partial charge in [-0.1, -0.05) is 11.6 Å². The summed E-state index contributed by atoms with van der Waals surface area (Å²) in [4.78, 5) is 12.4. The van der Waals surface area contributed by atoms with Gasteiger partial charge in [0.1, 0.15) is 11.9 Å². The Bertz CT molecular complexity index is 445. The second-order valence-corrected chi connectivity index (χ2v) is 4.90. The van der Waals surface area contributed by atoms with Crippen LogP contribution < -0.4 is 4.74 Å². The highest BCUT2D eigenvalue weighted by molar-refractivity contribution is 6.32. The smallest absolute Gasteiger partial charge is 0.271 e. The van der Waals surface area contributed by atoms with Crippen LogP contribution in [0.4, 0.5) is 5.69 Å². The molecule has 5 nitrogen and oxygen atoms in total. The number of ether oxygens (including phenoxy) is 1. The van der Waals surface area contributed by atoms with Crippen LogP contribution >= 0.6 is 11.6 Å². The predicted molar refractivity (Wildman–Crippen MR) is 69.3 cm³/mol. The summed E-state index contributed by atoms with van der Waals surface area (Å²) in [7, 11) is 2.08. The SMILES string of the molecule is CN1CCC(Oc2ccc([N+](=O)[O-])cc2Cl)CC1. The number of benzene rings is 1. The minimum Gasteiger partial charge on any atom is -0.489 e. The molecule has 0 aliphatic carbocycles. The van der Waals surface area contributed by atoms with E-state index in [1.54, 1.807) is 6.07 Å². The predicted octanol–water partition coefficient (Wildman–Crippen LogP) is 2.72. The molecule has 1 aromatic carbocycles. The van der Waals surface area contributed by atoms with Gasteiger partial charge in [0.05, 0.1) is 9.95 Å². The van der Waals surface area contributed by atoms with Crippen LogP contribution in [-0.4, -0.2) is 36.1 Å². The van der Waals surface area contributed by atoms with Crippen LogP contribution in [0.25, 0.3) is 0 Å². The minimum absolute atomic E-state index is 0.0178. The maximum Gasteiger partial charge on any atom is 0.271 e. The fourth-order valence-electron chi connectivity index (χ4n) is 1.98. The third kappa shape index (κ3) is 3.11. The van der Waals surface area contributed by atoms with E-state index in [9.17, 15) is 10.1 Å². The van der Waals surface area contributed by atoms with E-state index < -0.39 is 4.92 Å². The number of likely N-dealkylation sites (tertiary alicyclic amines) is 1. The van der Waals surface area contributed by atoms with Crippen molar-refractivity contribution in [2.24, 2.45) is 0 Å². The van der Waals surface area contributed by atoms with Crippen molar-refractivity contribution in [3.63, 3.8) is 0 Å². The molecule has 6 heteroatoms. The van der Waals surface area contributed by atoms with Crippen LogP contribution in [0.15, 0.2) is 18.2 Å². The highest BCUT2D eigenvalue weighted by Gasteiger charge is 2.19. The van der Waals surface area contributed by atoms with Crippen molar-refractivity contribution in [1.82, 2.24) is 4.90 Å². The number of piperidine rings is 1. The van der Waals surface area contributed by atoms with E-state index in [0.29, 0.717) is 10.8 Å². The summed E-state index contributed by atoms with van der Waals surface area (Å²) in [5.74, 6) is 0.525. The number of rotatable bonds is 3. The molecule has 2 rings (SSSR count). The Morgan fingerprint density at radius 3 is 2.67 bits per heavy atom. The molecule has 0 N–H and O–H groups in total. The van der Waals surface area contributed by atoms with Gasteiger partial charge in [-0.25, -0.2) is 0 Å². The van der Waals surface area contributed by atoms with Crippen molar-refractivity contribution in [1.29, 1.82) is 0 Å². The molecular formula is C12H15ClN2O3. The lowest BCUT2D eigenvalue weighted by Gasteiger charge is -2.29. The Kier molecular flexibility index (Phi) is 4.04. The maximum absolute atomic E-state index is 10.6. The van der Waals surface area contributed by atoms with Crippen molar-refractivity contribution in [3.05, 3.63) is 33.3 Å². The molecule has 0 radical (unpaired) electrons. The second kappa shape index (κ2) is 5.54. The topological polar surface area (TPSA) is 55.6 Å². The van der Waals surface area contributed by atoms with Gasteiger partial charge in [-0.05, 0) is 26.0 Å². The summed E-state index contributed by atoms with van der Waals surface area (Å²) in [6.07, 6.45) is 2.04. The fraction of sp³-hybridized carbons (Fsp3) is 0.500. The van der Waals surface area contributed by atoms with Crippen LogP contribution in [0, 0.1) is 10.1 Å². The molecule has 0 atom stereocenters. The first-order valence-electron chi connectivity index (χ1n) is 5.85. The van der Waals surface area contributed by atoms with Gasteiger partial charge in [-0.15, -0.1) is 0 Å². The van der Waals surface area contributed by atoms with Crippen molar-refractivity contribution in [3.8, 4) is 5.75 Å². The Morgan fingerprint density at radius 1 is 1.44 bits per heavy atom. The largest absolute Gasteiger partial charge is 0.489 e. The maximum atomic E-state index is 10.6. The first-order valence-corrected chi connectivity index (χ1v) is 6.23. The molecule has 0 unspecified atom stereocenters. The molecule has 1 heterocycles. The first kappa shape index (κ1) is 13.1. The summed E-state index contributed by atoms with van der Waals surface area (Å²) in [6.45, 7) is 1.99. The van der Waals surface area contributed by atoms with Crippen LogP contribution in [0.3, 0.4) is 0 Å². The number of nitrogens with zero attached hydrogens (tertiary/aromatic N) is 2. The Labute approximate surface area is 110 Å². The van der Waals surface area contributed by atoms with Crippen LogP contribution in [0.5, 0.6) is 5.75 Å². The Morgan fingerprint density at radius 2 is 2.11 bits per heavy atom. The molecule has 0 bridgehead atoms. The summed E-state index contributed by atoms with van der Waals surface area (Å²) >= 11 is 5.98. The molecule has 1 saturated heterocycles. The van der Waals surface area contributed by atoms with Crippen molar-refractivity contribution >= 4 is 17.3 Å². The third-order valence-corrected chi connectivity index (χ3v) is 3.38. The molecule has 1 aliphatic heterocycles. The molecule has 0 aromatic heterocycles. The number of hydrogen-bond donors (Lipinski definition) is 0. The van der Waals surface area contributed by atoms with Crippen molar-refractivity contribution < 1.29 is 9.66 Å². The van der Waals surface area contributed by atoms with Gasteiger partial charge in [0.25, 0.3) is 5.69 Å². The van der Waals surface area contributed by atoms with E-state index in [0.717, 1.165) is 25.9 Å². The molecule has 1 aliphatic rings. The molecule has 1 aromatic rings. The van der Waals surface area contributed by atoms with E-state index in [1.165, 1.54) is 12.1 Å². The van der Waals surface area contributed by atoms with Gasteiger partial charge in [-0.2, -0.15) is 0 Å². The molecule has 0 spiro atoms. The monoisotopic (exact) mass is 270 g/mol. The number of non-ortho nitro benzene ring substituents is 1. The van der Waals surface area contributed by atoms with E-state index in [-0.39, 0.29) is 11.8 Å². The van der Waals surface area contributed by atoms with Gasteiger partial charge in [-0.3, -0.25) is 10.1 Å². The fourth-order valence-corrected chi connectivity index (χ4v) is 2.20. The highest BCUT2D eigenvalue weighted by Crippen LogP contribution is 2.30. The van der Waals surface area contributed by atoms with Crippen LogP contribution in [0.2, 0.25) is 5.02 Å². The number of hydrogen-bond acceptors (Lipinski definition) is 4. The van der Waals surface area contributed by atoms with E-state index in [1.807, 2.05) is 0 Å². The van der Waals surface area contributed by atoms with Gasteiger partial charge in [0, 0.05) is 25.2 Å². The second-order valence-electron chi connectivity index (χ2n) is 4.49. The Balaban J connectivity index is 2.03. The van der Waals surface area contributed by atoms with Gasteiger partial charge >= 0.3 is 0 Å². The van der Waals surface area contributed by atoms with Crippen LogP contribution in [0.1, 0.15) is 12.8 Å². The zero-order chi connectivity index (χ0) is 13.1.